The quantitative estimate of drug-likeness (QED) is 0.441. The van der Waals surface area contributed by atoms with Crippen LogP contribution in [0.15, 0.2) is 42.6 Å². The van der Waals surface area contributed by atoms with E-state index < -0.39 is 0 Å². The molecule has 152 valence electrons. The van der Waals surface area contributed by atoms with Crippen molar-refractivity contribution in [2.24, 2.45) is 0 Å². The molecule has 0 aliphatic carbocycles. The molecule has 0 fully saturated rings. The lowest BCUT2D eigenvalue weighted by Crippen LogP contribution is -2.54. The Labute approximate surface area is 164 Å². The lowest BCUT2D eigenvalue weighted by molar-refractivity contribution is -0.536. The van der Waals surface area contributed by atoms with E-state index in [-0.39, 0.29) is 6.04 Å². The standard InChI is InChI=1S/C21H35N3O3/c1-4-7-17-25-22-16-15-21(20-13-11-10-12-14-20)23(26-18-8-5-2)24(22)27-19-9-6-3/h10-16,21H,4-9,17-19H2,1-3H3. The number of hydrogen-bond donors (Lipinski definition) is 0. The van der Waals surface area contributed by atoms with Gasteiger partial charge >= 0.3 is 0 Å². The van der Waals surface area contributed by atoms with E-state index in [4.69, 9.17) is 14.5 Å². The Bertz CT molecular complexity index is 527. The van der Waals surface area contributed by atoms with Gasteiger partial charge in [-0.25, -0.2) is 0 Å². The summed E-state index contributed by atoms with van der Waals surface area (Å²) in [4.78, 5) is 18.1. The SMILES string of the molecule is CCCCON1C=CC(c2ccccc2)N(OCCCC)N1OCCCC. The van der Waals surface area contributed by atoms with Gasteiger partial charge in [0.2, 0.25) is 0 Å². The Hall–Kier alpha value is -1.44. The second kappa shape index (κ2) is 12.9. The molecule has 2 rings (SSSR count). The number of unbranched alkanes of at least 4 members (excludes halogenated alkanes) is 3. The maximum absolute atomic E-state index is 6.13. The van der Waals surface area contributed by atoms with Crippen LogP contribution in [0.2, 0.25) is 0 Å². The van der Waals surface area contributed by atoms with Crippen molar-refractivity contribution in [2.45, 2.75) is 65.3 Å². The van der Waals surface area contributed by atoms with Gasteiger partial charge in [0.25, 0.3) is 0 Å². The molecular formula is C21H35N3O3. The predicted molar refractivity (Wildman–Crippen MR) is 106 cm³/mol. The van der Waals surface area contributed by atoms with Crippen LogP contribution in [0.4, 0.5) is 0 Å². The average molecular weight is 378 g/mol. The fourth-order valence-corrected chi connectivity index (χ4v) is 2.60. The van der Waals surface area contributed by atoms with Crippen molar-refractivity contribution >= 4 is 0 Å². The molecule has 0 saturated heterocycles. The van der Waals surface area contributed by atoms with E-state index in [1.165, 1.54) is 0 Å². The second-order valence-electron chi connectivity index (χ2n) is 6.62. The van der Waals surface area contributed by atoms with Crippen molar-refractivity contribution in [1.82, 2.24) is 15.6 Å². The van der Waals surface area contributed by atoms with Crippen LogP contribution >= 0.6 is 0 Å². The van der Waals surface area contributed by atoms with Gasteiger partial charge in [0.05, 0.1) is 19.8 Å². The molecule has 1 heterocycles. The minimum atomic E-state index is -0.0734. The summed E-state index contributed by atoms with van der Waals surface area (Å²) in [6.45, 7) is 8.32. The Kier molecular flexibility index (Phi) is 10.4. The van der Waals surface area contributed by atoms with E-state index in [0.717, 1.165) is 44.1 Å². The Balaban J connectivity index is 2.20. The zero-order chi connectivity index (χ0) is 19.3. The van der Waals surface area contributed by atoms with Crippen molar-refractivity contribution in [3.63, 3.8) is 0 Å². The maximum atomic E-state index is 6.13. The molecule has 1 aromatic rings. The summed E-state index contributed by atoms with van der Waals surface area (Å²) < 4.78 is 0. The summed E-state index contributed by atoms with van der Waals surface area (Å²) in [5, 5.41) is 5.04. The molecule has 0 radical (unpaired) electrons. The van der Waals surface area contributed by atoms with Gasteiger partial charge in [0, 0.05) is 11.5 Å². The molecule has 0 bridgehead atoms. The minimum Gasteiger partial charge on any atom is -0.279 e. The number of hydrogen-bond acceptors (Lipinski definition) is 6. The van der Waals surface area contributed by atoms with Gasteiger partial charge < -0.3 is 0 Å². The number of rotatable bonds is 13. The molecule has 0 saturated carbocycles. The van der Waals surface area contributed by atoms with Crippen LogP contribution in [0.1, 0.15) is 70.9 Å². The van der Waals surface area contributed by atoms with Crippen LogP contribution < -0.4 is 0 Å². The summed E-state index contributed by atoms with van der Waals surface area (Å²) >= 11 is 0. The van der Waals surface area contributed by atoms with Gasteiger partial charge in [-0.2, -0.15) is 0 Å². The average Bonchev–Trinajstić information content (AvgIpc) is 2.70. The van der Waals surface area contributed by atoms with Crippen molar-refractivity contribution in [3.05, 3.63) is 48.2 Å². The van der Waals surface area contributed by atoms with Gasteiger partial charge in [0.15, 0.2) is 0 Å². The zero-order valence-corrected chi connectivity index (χ0v) is 17.0. The zero-order valence-electron chi connectivity index (χ0n) is 17.0. The van der Waals surface area contributed by atoms with Crippen molar-refractivity contribution in [3.8, 4) is 0 Å². The summed E-state index contributed by atoms with van der Waals surface area (Å²) in [5.74, 6) is 0. The van der Waals surface area contributed by atoms with Crippen LogP contribution in [0.25, 0.3) is 0 Å². The molecule has 0 spiro atoms. The monoisotopic (exact) mass is 377 g/mol. The second-order valence-corrected chi connectivity index (χ2v) is 6.62. The fourth-order valence-electron chi connectivity index (χ4n) is 2.60. The third kappa shape index (κ3) is 6.90. The number of hydroxylamine groups is 2. The summed E-state index contributed by atoms with van der Waals surface area (Å²) in [6, 6.07) is 10.2. The molecule has 1 aliphatic rings. The van der Waals surface area contributed by atoms with Gasteiger partial charge in [-0.05, 0) is 30.9 Å². The van der Waals surface area contributed by atoms with E-state index in [2.05, 4.69) is 39.0 Å². The van der Waals surface area contributed by atoms with Gasteiger partial charge in [-0.3, -0.25) is 14.5 Å². The Morgan fingerprint density at radius 1 is 0.778 bits per heavy atom. The highest BCUT2D eigenvalue weighted by Gasteiger charge is 2.34. The molecule has 0 N–H and O–H groups in total. The Morgan fingerprint density at radius 2 is 1.37 bits per heavy atom. The minimum absolute atomic E-state index is 0.0734. The summed E-state index contributed by atoms with van der Waals surface area (Å²) in [6.07, 6.45) is 10.2. The smallest absolute Gasteiger partial charge is 0.101 e. The number of hydrazine groups is 2. The molecule has 1 aromatic carbocycles. The third-order valence-electron chi connectivity index (χ3n) is 4.26. The highest BCUT2D eigenvalue weighted by atomic mass is 16.9. The van der Waals surface area contributed by atoms with Gasteiger partial charge in [0.1, 0.15) is 6.04 Å². The lowest BCUT2D eigenvalue weighted by atomic mass is 10.1. The first-order chi connectivity index (χ1) is 13.3. The first-order valence-corrected chi connectivity index (χ1v) is 10.3. The van der Waals surface area contributed by atoms with Gasteiger partial charge in [-0.1, -0.05) is 75.5 Å². The molecule has 1 unspecified atom stereocenters. The van der Waals surface area contributed by atoms with Crippen molar-refractivity contribution in [1.29, 1.82) is 0 Å². The predicted octanol–water partition coefficient (Wildman–Crippen LogP) is 5.19. The van der Waals surface area contributed by atoms with Crippen LogP contribution in [-0.4, -0.2) is 35.4 Å². The lowest BCUT2D eigenvalue weighted by Gasteiger charge is -2.43. The molecule has 0 aromatic heterocycles. The van der Waals surface area contributed by atoms with E-state index >= 15 is 0 Å². The molecule has 27 heavy (non-hydrogen) atoms. The maximum Gasteiger partial charge on any atom is 0.101 e. The van der Waals surface area contributed by atoms with Crippen LogP contribution in [-0.2, 0) is 14.5 Å². The third-order valence-corrected chi connectivity index (χ3v) is 4.26. The molecule has 6 nitrogen and oxygen atoms in total. The first kappa shape index (κ1) is 21.9. The van der Waals surface area contributed by atoms with Crippen LogP contribution in [0.3, 0.4) is 0 Å². The van der Waals surface area contributed by atoms with E-state index in [9.17, 15) is 0 Å². The first-order valence-electron chi connectivity index (χ1n) is 10.3. The molecule has 1 aliphatic heterocycles. The normalized spacial score (nSPS) is 18.3. The fraction of sp³-hybridized carbons (Fsp3) is 0.619. The summed E-state index contributed by atoms with van der Waals surface area (Å²) in [5.41, 5.74) is 1.14. The Morgan fingerprint density at radius 3 is 2.00 bits per heavy atom. The summed E-state index contributed by atoms with van der Waals surface area (Å²) in [7, 11) is 0. The molecule has 6 heteroatoms. The molecule has 0 amide bonds. The highest BCUT2D eigenvalue weighted by Crippen LogP contribution is 2.30. The number of nitrogens with zero attached hydrogens (tertiary/aromatic N) is 3. The van der Waals surface area contributed by atoms with Crippen LogP contribution in [0, 0.1) is 0 Å². The molecule has 1 atom stereocenters. The number of benzene rings is 1. The topological polar surface area (TPSA) is 37.4 Å². The highest BCUT2D eigenvalue weighted by molar-refractivity contribution is 5.22. The van der Waals surface area contributed by atoms with Gasteiger partial charge in [-0.15, -0.1) is 5.17 Å². The molecular weight excluding hydrogens is 342 g/mol. The van der Waals surface area contributed by atoms with E-state index in [0.29, 0.717) is 19.8 Å². The van der Waals surface area contributed by atoms with E-state index in [1.807, 2.05) is 24.4 Å². The van der Waals surface area contributed by atoms with Crippen LogP contribution in [0.5, 0.6) is 0 Å². The van der Waals surface area contributed by atoms with Crippen molar-refractivity contribution in [2.75, 3.05) is 19.8 Å². The van der Waals surface area contributed by atoms with E-state index in [1.54, 1.807) is 15.6 Å². The van der Waals surface area contributed by atoms with Crippen molar-refractivity contribution < 1.29 is 14.5 Å². The largest absolute Gasteiger partial charge is 0.279 e.